The van der Waals surface area contributed by atoms with Crippen LogP contribution in [0, 0.1) is 0 Å². The molecule has 0 saturated heterocycles. The maximum absolute atomic E-state index is 12.2. The van der Waals surface area contributed by atoms with E-state index in [1.54, 1.807) is 49.7 Å². The largest absolute Gasteiger partial charge is 0.384 e. The third-order valence-electron chi connectivity index (χ3n) is 5.22. The molecule has 1 amide bonds. The van der Waals surface area contributed by atoms with Gasteiger partial charge in [-0.1, -0.05) is 0 Å². The monoisotopic (exact) mass is 426 g/mol. The van der Waals surface area contributed by atoms with Crippen LogP contribution in [0.3, 0.4) is 0 Å². The summed E-state index contributed by atoms with van der Waals surface area (Å²) in [6.07, 6.45) is 4.88. The minimum Gasteiger partial charge on any atom is -0.384 e. The molecule has 0 aromatic carbocycles. The summed E-state index contributed by atoms with van der Waals surface area (Å²) in [6, 6.07) is 3.76. The first-order valence-corrected chi connectivity index (χ1v) is 10.8. The summed E-state index contributed by atoms with van der Waals surface area (Å²) >= 11 is 1.60. The Hall–Kier alpha value is -2.78. The van der Waals surface area contributed by atoms with Crippen molar-refractivity contribution in [2.45, 2.75) is 32.2 Å². The van der Waals surface area contributed by atoms with Crippen LogP contribution in [-0.4, -0.2) is 58.4 Å². The van der Waals surface area contributed by atoms with Gasteiger partial charge < -0.3 is 15.4 Å². The number of carbonyl (C=O) groups excluding carboxylic acids is 1. The van der Waals surface area contributed by atoms with E-state index in [1.165, 1.54) is 5.56 Å². The molecule has 1 aliphatic carbocycles. The van der Waals surface area contributed by atoms with Crippen LogP contribution in [0.25, 0.3) is 21.8 Å². The van der Waals surface area contributed by atoms with Gasteiger partial charge >= 0.3 is 0 Å². The minimum atomic E-state index is 0.0562. The normalized spacial score (nSPS) is 12.9. The zero-order valence-corrected chi connectivity index (χ0v) is 18.3. The molecule has 2 N–H and O–H groups in total. The first-order valence-electron chi connectivity index (χ1n) is 9.97. The summed E-state index contributed by atoms with van der Waals surface area (Å²) in [5.74, 6) is 0.546. The van der Waals surface area contributed by atoms with Gasteiger partial charge in [-0.25, -0.2) is 9.97 Å². The molecule has 0 spiro atoms. The average molecular weight is 427 g/mol. The summed E-state index contributed by atoms with van der Waals surface area (Å²) in [5, 5.41) is 5.78. The van der Waals surface area contributed by atoms with Crippen LogP contribution < -0.4 is 5.73 Å². The average Bonchev–Trinajstić information content (AvgIpc) is 3.23. The highest BCUT2D eigenvalue weighted by atomic mass is 32.1. The summed E-state index contributed by atoms with van der Waals surface area (Å²) in [4.78, 5) is 24.0. The van der Waals surface area contributed by atoms with E-state index >= 15 is 0 Å². The van der Waals surface area contributed by atoms with Gasteiger partial charge in [0.25, 0.3) is 0 Å². The van der Waals surface area contributed by atoms with E-state index in [4.69, 9.17) is 20.6 Å². The maximum atomic E-state index is 12.2. The zero-order chi connectivity index (χ0) is 21.3. The second-order valence-electron chi connectivity index (χ2n) is 7.57. The Morgan fingerprint density at radius 3 is 2.87 bits per heavy atom. The molecule has 4 rings (SSSR count). The Labute approximate surface area is 179 Å². The highest BCUT2D eigenvalue weighted by Crippen LogP contribution is 2.41. The fourth-order valence-corrected chi connectivity index (χ4v) is 4.84. The van der Waals surface area contributed by atoms with Crippen molar-refractivity contribution >= 4 is 23.1 Å². The standard InChI is InChI=1S/C21H26N6O2S/c1-26(2)18(28)11-17-24-15-6-4-5-14-19(13-7-8-16(22)23-12-13)25-27(9-10-29-3)20(14)21(15)30-17/h7-8,12H,4-6,9-11H2,1-3H3,(H2,22,23). The van der Waals surface area contributed by atoms with Gasteiger partial charge in [0.15, 0.2) is 0 Å². The molecule has 0 radical (unpaired) electrons. The number of amides is 1. The van der Waals surface area contributed by atoms with Crippen molar-refractivity contribution in [3.8, 4) is 21.8 Å². The topological polar surface area (TPSA) is 99.2 Å². The Morgan fingerprint density at radius 1 is 1.33 bits per heavy atom. The predicted octanol–water partition coefficient (Wildman–Crippen LogP) is 2.42. The van der Waals surface area contributed by atoms with Crippen LogP contribution >= 0.6 is 11.3 Å². The van der Waals surface area contributed by atoms with Gasteiger partial charge in [-0.3, -0.25) is 9.48 Å². The lowest BCUT2D eigenvalue weighted by Crippen LogP contribution is -2.23. The lowest BCUT2D eigenvalue weighted by atomic mass is 10.0. The molecule has 0 atom stereocenters. The van der Waals surface area contributed by atoms with E-state index in [0.717, 1.165) is 51.8 Å². The third kappa shape index (κ3) is 3.95. The van der Waals surface area contributed by atoms with Crippen molar-refractivity contribution < 1.29 is 9.53 Å². The second-order valence-corrected chi connectivity index (χ2v) is 8.65. The molecular formula is C21H26N6O2S. The molecule has 9 heteroatoms. The van der Waals surface area contributed by atoms with Crippen LogP contribution in [0.15, 0.2) is 18.3 Å². The van der Waals surface area contributed by atoms with Gasteiger partial charge in [0.05, 0.1) is 41.5 Å². The van der Waals surface area contributed by atoms with Gasteiger partial charge in [-0.2, -0.15) is 5.10 Å². The molecule has 3 heterocycles. The number of nitrogens with two attached hydrogens (primary N) is 1. The lowest BCUT2D eigenvalue weighted by molar-refractivity contribution is -0.127. The quantitative estimate of drug-likeness (QED) is 0.650. The first-order chi connectivity index (χ1) is 14.5. The number of hydrogen-bond donors (Lipinski definition) is 1. The van der Waals surface area contributed by atoms with Gasteiger partial charge in [-0.05, 0) is 31.4 Å². The molecule has 30 heavy (non-hydrogen) atoms. The van der Waals surface area contributed by atoms with E-state index in [0.29, 0.717) is 25.4 Å². The molecule has 0 bridgehead atoms. The van der Waals surface area contributed by atoms with Crippen molar-refractivity contribution in [3.05, 3.63) is 34.6 Å². The van der Waals surface area contributed by atoms with E-state index in [1.807, 2.05) is 10.7 Å². The van der Waals surface area contributed by atoms with E-state index < -0.39 is 0 Å². The molecular weight excluding hydrogens is 400 g/mol. The van der Waals surface area contributed by atoms with Crippen LogP contribution in [-0.2, 0) is 35.3 Å². The number of ether oxygens (including phenoxy) is 1. The number of pyridine rings is 1. The second kappa shape index (κ2) is 8.53. The Morgan fingerprint density at radius 2 is 2.17 bits per heavy atom. The van der Waals surface area contributed by atoms with Crippen molar-refractivity contribution in [2.24, 2.45) is 0 Å². The number of nitrogen functional groups attached to an aromatic ring is 1. The van der Waals surface area contributed by atoms with Crippen molar-refractivity contribution in [3.63, 3.8) is 0 Å². The number of thiazole rings is 1. The third-order valence-corrected chi connectivity index (χ3v) is 6.32. The zero-order valence-electron chi connectivity index (χ0n) is 17.5. The van der Waals surface area contributed by atoms with Crippen molar-refractivity contribution in [2.75, 3.05) is 33.5 Å². The number of hydrogen-bond acceptors (Lipinski definition) is 7. The number of carbonyl (C=O) groups is 1. The summed E-state index contributed by atoms with van der Waals surface area (Å²) in [7, 11) is 5.23. The van der Waals surface area contributed by atoms with Crippen LogP contribution in [0.2, 0.25) is 0 Å². The van der Waals surface area contributed by atoms with Crippen LogP contribution in [0.5, 0.6) is 0 Å². The number of methoxy groups -OCH3 is 1. The summed E-state index contributed by atoms with van der Waals surface area (Å²) in [5.41, 5.74) is 11.0. The molecule has 3 aromatic heterocycles. The van der Waals surface area contributed by atoms with Crippen LogP contribution in [0.1, 0.15) is 22.7 Å². The number of aryl methyl sites for hydroxylation is 1. The first kappa shape index (κ1) is 20.5. The maximum Gasteiger partial charge on any atom is 0.228 e. The summed E-state index contributed by atoms with van der Waals surface area (Å²) in [6.45, 7) is 1.21. The molecule has 0 aliphatic heterocycles. The number of aromatic nitrogens is 4. The number of fused-ring (bicyclic) bond motifs is 3. The molecule has 0 unspecified atom stereocenters. The van der Waals surface area contributed by atoms with Gasteiger partial charge in [0.2, 0.25) is 5.91 Å². The number of likely N-dealkylation sites (N-methyl/N-ethyl adjacent to an activating group) is 1. The molecule has 0 saturated carbocycles. The summed E-state index contributed by atoms with van der Waals surface area (Å²) < 4.78 is 7.34. The Bertz CT molecular complexity index is 1050. The fraction of sp³-hybridized carbons (Fsp3) is 0.429. The highest BCUT2D eigenvalue weighted by molar-refractivity contribution is 7.15. The molecule has 3 aromatic rings. The SMILES string of the molecule is COCCn1nc(-c2ccc(N)nc2)c2c1-c1sc(CC(=O)N(C)C)nc1CCC2. The molecule has 1 aliphatic rings. The number of rotatable bonds is 6. The molecule has 0 fully saturated rings. The molecule has 8 nitrogen and oxygen atoms in total. The van der Waals surface area contributed by atoms with E-state index in [-0.39, 0.29) is 5.91 Å². The van der Waals surface area contributed by atoms with Crippen molar-refractivity contribution in [1.29, 1.82) is 0 Å². The Balaban J connectivity index is 1.82. The Kier molecular flexibility index (Phi) is 5.83. The van der Waals surface area contributed by atoms with Crippen LogP contribution in [0.4, 0.5) is 5.82 Å². The van der Waals surface area contributed by atoms with Crippen molar-refractivity contribution in [1.82, 2.24) is 24.6 Å². The predicted molar refractivity (Wildman–Crippen MR) is 117 cm³/mol. The van der Waals surface area contributed by atoms with E-state index in [2.05, 4.69) is 4.98 Å². The lowest BCUT2D eigenvalue weighted by Gasteiger charge is -2.08. The number of anilines is 1. The highest BCUT2D eigenvalue weighted by Gasteiger charge is 2.28. The van der Waals surface area contributed by atoms with E-state index in [9.17, 15) is 4.79 Å². The van der Waals surface area contributed by atoms with Gasteiger partial charge in [0.1, 0.15) is 10.8 Å². The fourth-order valence-electron chi connectivity index (χ4n) is 3.66. The number of nitrogens with zero attached hydrogens (tertiary/aromatic N) is 5. The smallest absolute Gasteiger partial charge is 0.228 e. The van der Waals surface area contributed by atoms with Gasteiger partial charge in [0, 0.05) is 38.5 Å². The minimum absolute atomic E-state index is 0.0562. The molecule has 158 valence electrons. The van der Waals surface area contributed by atoms with Gasteiger partial charge in [-0.15, -0.1) is 11.3 Å².